The fraction of sp³-hybridized carbons (Fsp3) is 0.148. The molecule has 1 unspecified atom stereocenters. The van der Waals surface area contributed by atoms with Gasteiger partial charge in [-0.15, -0.1) is 6.58 Å². The lowest BCUT2D eigenvalue weighted by Gasteiger charge is -2.19. The molecule has 7 heteroatoms. The van der Waals surface area contributed by atoms with Gasteiger partial charge in [-0.25, -0.2) is 9.59 Å². The van der Waals surface area contributed by atoms with Gasteiger partial charge in [-0.1, -0.05) is 60.7 Å². The maximum Gasteiger partial charge on any atom is 0.407 e. The fourth-order valence-electron chi connectivity index (χ4n) is 4.14. The normalized spacial score (nSPS) is 12.7. The number of aromatic carboxylic acids is 1. The minimum atomic E-state index is -1.10. The Labute approximate surface area is 197 Å². The lowest BCUT2D eigenvalue weighted by atomic mass is 9.98. The van der Waals surface area contributed by atoms with E-state index in [2.05, 4.69) is 29.3 Å². The number of nitrogens with one attached hydrogen (secondary N) is 2. The fourth-order valence-corrected chi connectivity index (χ4v) is 4.14. The highest BCUT2D eigenvalue weighted by molar-refractivity contribution is 5.98. The number of carbonyl (C=O) groups is 3. The van der Waals surface area contributed by atoms with Crippen molar-refractivity contribution in [3.8, 4) is 11.1 Å². The molecule has 3 aromatic rings. The van der Waals surface area contributed by atoms with Gasteiger partial charge >= 0.3 is 12.1 Å². The number of benzene rings is 3. The van der Waals surface area contributed by atoms with Gasteiger partial charge in [0.25, 0.3) is 0 Å². The molecule has 1 atom stereocenters. The van der Waals surface area contributed by atoms with Crippen molar-refractivity contribution in [2.75, 3.05) is 11.9 Å². The second-order valence-corrected chi connectivity index (χ2v) is 7.92. The number of hydrogen-bond acceptors (Lipinski definition) is 4. The molecule has 1 aliphatic rings. The van der Waals surface area contributed by atoms with E-state index >= 15 is 0 Å². The predicted octanol–water partition coefficient (Wildman–Crippen LogP) is 4.81. The first-order valence-corrected chi connectivity index (χ1v) is 10.8. The summed E-state index contributed by atoms with van der Waals surface area (Å²) in [5, 5.41) is 14.3. The zero-order chi connectivity index (χ0) is 24.1. The summed E-state index contributed by atoms with van der Waals surface area (Å²) in [5.74, 6) is -1.70. The minimum absolute atomic E-state index is 0.0440. The van der Waals surface area contributed by atoms with Crippen molar-refractivity contribution in [3.05, 3.63) is 102 Å². The van der Waals surface area contributed by atoms with Crippen LogP contribution < -0.4 is 10.6 Å². The summed E-state index contributed by atoms with van der Waals surface area (Å²) in [7, 11) is 0. The van der Waals surface area contributed by atoms with Crippen molar-refractivity contribution < 1.29 is 24.2 Å². The van der Waals surface area contributed by atoms with E-state index in [1.54, 1.807) is 6.07 Å². The van der Waals surface area contributed by atoms with Gasteiger partial charge < -0.3 is 20.5 Å². The van der Waals surface area contributed by atoms with Crippen molar-refractivity contribution in [1.82, 2.24) is 5.32 Å². The standard InChI is InChI=1S/C27H24N2O5/c1-2-8-24(25(30)28-18-10-7-9-17(15-18)26(31)32)29-27(33)34-16-23-21-13-5-3-11-19(21)20-12-4-6-14-22(20)23/h2-7,9-15,23-24H,1,8,16H2,(H,28,30)(H,29,33)(H,31,32). The van der Waals surface area contributed by atoms with E-state index in [1.165, 1.54) is 24.3 Å². The molecule has 3 aromatic carbocycles. The number of carboxylic acids is 1. The topological polar surface area (TPSA) is 105 Å². The number of hydrogen-bond donors (Lipinski definition) is 3. The van der Waals surface area contributed by atoms with Crippen molar-refractivity contribution in [1.29, 1.82) is 0 Å². The molecular weight excluding hydrogens is 432 g/mol. The summed E-state index contributed by atoms with van der Waals surface area (Å²) >= 11 is 0. The highest BCUT2D eigenvalue weighted by Crippen LogP contribution is 2.44. The summed E-state index contributed by atoms with van der Waals surface area (Å²) < 4.78 is 5.53. The van der Waals surface area contributed by atoms with Crippen molar-refractivity contribution in [2.24, 2.45) is 0 Å². The van der Waals surface area contributed by atoms with Crippen molar-refractivity contribution >= 4 is 23.7 Å². The first kappa shape index (κ1) is 22.8. The van der Waals surface area contributed by atoms with Crippen LogP contribution in [0.4, 0.5) is 10.5 Å². The molecule has 0 bridgehead atoms. The molecule has 3 N–H and O–H groups in total. The van der Waals surface area contributed by atoms with Gasteiger partial charge in [-0.3, -0.25) is 4.79 Å². The summed E-state index contributed by atoms with van der Waals surface area (Å²) in [6, 6.07) is 21.0. The van der Waals surface area contributed by atoms with Gasteiger partial charge in [0.1, 0.15) is 12.6 Å². The van der Waals surface area contributed by atoms with E-state index in [0.717, 1.165) is 22.3 Å². The number of alkyl carbamates (subject to hydrolysis) is 1. The van der Waals surface area contributed by atoms with Crippen LogP contribution in [-0.2, 0) is 9.53 Å². The molecule has 0 aromatic heterocycles. The zero-order valence-electron chi connectivity index (χ0n) is 18.4. The summed E-state index contributed by atoms with van der Waals surface area (Å²) in [4.78, 5) is 36.5. The van der Waals surface area contributed by atoms with Crippen LogP contribution in [0.3, 0.4) is 0 Å². The maximum absolute atomic E-state index is 12.7. The maximum atomic E-state index is 12.7. The third-order valence-electron chi connectivity index (χ3n) is 5.73. The van der Waals surface area contributed by atoms with Gasteiger partial charge in [0.05, 0.1) is 5.56 Å². The summed E-state index contributed by atoms with van der Waals surface area (Å²) in [6.45, 7) is 3.77. The highest BCUT2D eigenvalue weighted by atomic mass is 16.5. The number of rotatable bonds is 8. The predicted molar refractivity (Wildman–Crippen MR) is 129 cm³/mol. The van der Waals surface area contributed by atoms with Crippen molar-refractivity contribution in [2.45, 2.75) is 18.4 Å². The van der Waals surface area contributed by atoms with Crippen LogP contribution in [0.2, 0.25) is 0 Å². The molecule has 0 fully saturated rings. The van der Waals surface area contributed by atoms with E-state index in [-0.39, 0.29) is 24.5 Å². The average molecular weight is 456 g/mol. The van der Waals surface area contributed by atoms with E-state index in [0.29, 0.717) is 5.69 Å². The lowest BCUT2D eigenvalue weighted by molar-refractivity contribution is -0.118. The van der Waals surface area contributed by atoms with E-state index in [9.17, 15) is 14.4 Å². The van der Waals surface area contributed by atoms with Crippen LogP contribution in [-0.4, -0.2) is 35.7 Å². The van der Waals surface area contributed by atoms with Gasteiger partial charge in [-0.2, -0.15) is 0 Å². The molecule has 2 amide bonds. The molecule has 4 rings (SSSR count). The zero-order valence-corrected chi connectivity index (χ0v) is 18.4. The molecule has 7 nitrogen and oxygen atoms in total. The molecule has 34 heavy (non-hydrogen) atoms. The number of fused-ring (bicyclic) bond motifs is 3. The monoisotopic (exact) mass is 456 g/mol. The molecule has 0 radical (unpaired) electrons. The van der Waals surface area contributed by atoms with Gasteiger partial charge in [0.15, 0.2) is 0 Å². The molecule has 0 saturated carbocycles. The first-order valence-electron chi connectivity index (χ1n) is 10.8. The van der Waals surface area contributed by atoms with Crippen LogP contribution in [0.25, 0.3) is 11.1 Å². The third kappa shape index (κ3) is 4.83. The lowest BCUT2D eigenvalue weighted by Crippen LogP contribution is -2.44. The Bertz CT molecular complexity index is 1210. The number of anilines is 1. The summed E-state index contributed by atoms with van der Waals surface area (Å²) in [5.41, 5.74) is 4.79. The number of carbonyl (C=O) groups excluding carboxylic acids is 2. The van der Waals surface area contributed by atoms with Crippen LogP contribution in [0.15, 0.2) is 85.5 Å². The summed E-state index contributed by atoms with van der Waals surface area (Å²) in [6.07, 6.45) is 0.971. The van der Waals surface area contributed by atoms with E-state index in [1.807, 2.05) is 36.4 Å². The molecule has 0 heterocycles. The van der Waals surface area contributed by atoms with Crippen molar-refractivity contribution in [3.63, 3.8) is 0 Å². The van der Waals surface area contributed by atoms with Gasteiger partial charge in [0, 0.05) is 11.6 Å². The Morgan fingerprint density at radius 3 is 2.24 bits per heavy atom. The molecular formula is C27H24N2O5. The minimum Gasteiger partial charge on any atom is -0.478 e. The SMILES string of the molecule is C=CCC(NC(=O)OCC1c2ccccc2-c2ccccc21)C(=O)Nc1cccc(C(=O)O)c1. The van der Waals surface area contributed by atoms with Crippen LogP contribution in [0.1, 0.15) is 33.8 Å². The number of ether oxygens (including phenoxy) is 1. The Balaban J connectivity index is 1.41. The van der Waals surface area contributed by atoms with Gasteiger partial charge in [-0.05, 0) is 46.9 Å². The molecule has 0 aliphatic heterocycles. The second-order valence-electron chi connectivity index (χ2n) is 7.92. The van der Waals surface area contributed by atoms with Crippen LogP contribution in [0, 0.1) is 0 Å². The Kier molecular flexibility index (Phi) is 6.73. The number of amides is 2. The Morgan fingerprint density at radius 1 is 0.971 bits per heavy atom. The number of carboxylic acid groups (broad SMARTS) is 1. The Morgan fingerprint density at radius 2 is 1.62 bits per heavy atom. The second kappa shape index (κ2) is 10.0. The molecule has 1 aliphatic carbocycles. The van der Waals surface area contributed by atoms with Crippen LogP contribution >= 0.6 is 0 Å². The first-order chi connectivity index (χ1) is 16.5. The van der Waals surface area contributed by atoms with E-state index in [4.69, 9.17) is 9.84 Å². The molecule has 0 spiro atoms. The quantitative estimate of drug-likeness (QED) is 0.422. The smallest absolute Gasteiger partial charge is 0.407 e. The average Bonchev–Trinajstić information content (AvgIpc) is 3.16. The molecule has 0 saturated heterocycles. The van der Waals surface area contributed by atoms with Crippen LogP contribution in [0.5, 0.6) is 0 Å². The highest BCUT2D eigenvalue weighted by Gasteiger charge is 2.29. The molecule has 172 valence electrons. The van der Waals surface area contributed by atoms with Gasteiger partial charge in [0.2, 0.25) is 5.91 Å². The Hall–Kier alpha value is -4.39. The third-order valence-corrected chi connectivity index (χ3v) is 5.73. The largest absolute Gasteiger partial charge is 0.478 e. The van der Waals surface area contributed by atoms with E-state index < -0.39 is 24.0 Å².